The number of anilines is 1. The van der Waals surface area contributed by atoms with Crippen molar-refractivity contribution in [3.63, 3.8) is 0 Å². The lowest BCUT2D eigenvalue weighted by Crippen LogP contribution is -2.43. The lowest BCUT2D eigenvalue weighted by Gasteiger charge is -2.27. The first kappa shape index (κ1) is 21.9. The van der Waals surface area contributed by atoms with Gasteiger partial charge in [0.05, 0.1) is 30.2 Å². The fourth-order valence-electron chi connectivity index (χ4n) is 4.15. The molecule has 1 fully saturated rings. The van der Waals surface area contributed by atoms with Crippen LogP contribution in [-0.2, 0) is 16.1 Å². The molecule has 5 rings (SSSR count). The first-order valence-electron chi connectivity index (χ1n) is 11.3. The molecule has 1 unspecified atom stereocenters. The molecule has 0 aliphatic carbocycles. The molecule has 0 radical (unpaired) electrons. The molecule has 3 heterocycles. The molecule has 2 amide bonds. The number of benzodiazepines with no additional fused rings is 1. The molecule has 1 saturated heterocycles. The highest BCUT2D eigenvalue weighted by molar-refractivity contribution is 6.20. The minimum atomic E-state index is -1.09. The first-order valence-corrected chi connectivity index (χ1v) is 11.3. The number of nitrogens with zero attached hydrogens (tertiary/aromatic N) is 3. The fourth-order valence-corrected chi connectivity index (χ4v) is 4.15. The fraction of sp³-hybridized carbons (Fsp3) is 0.231. The average molecular weight is 456 g/mol. The Bertz CT molecular complexity index is 1220. The molecule has 2 N–H and O–H groups in total. The van der Waals surface area contributed by atoms with Gasteiger partial charge in [-0.1, -0.05) is 48.5 Å². The van der Waals surface area contributed by atoms with Crippen molar-refractivity contribution >= 4 is 23.2 Å². The van der Waals surface area contributed by atoms with Crippen LogP contribution in [0.5, 0.6) is 0 Å². The third kappa shape index (κ3) is 4.73. The Kier molecular flexibility index (Phi) is 6.42. The molecule has 3 aromatic rings. The highest BCUT2D eigenvalue weighted by atomic mass is 16.5. The van der Waals surface area contributed by atoms with Crippen LogP contribution in [0.3, 0.4) is 0 Å². The number of fused-ring (bicyclic) bond motifs is 1. The van der Waals surface area contributed by atoms with Crippen LogP contribution in [0.25, 0.3) is 0 Å². The van der Waals surface area contributed by atoms with E-state index >= 15 is 0 Å². The Balaban J connectivity index is 1.44. The van der Waals surface area contributed by atoms with Crippen LogP contribution in [0, 0.1) is 0 Å². The number of pyridine rings is 1. The van der Waals surface area contributed by atoms with Crippen molar-refractivity contribution in [2.45, 2.75) is 12.7 Å². The van der Waals surface area contributed by atoms with Crippen molar-refractivity contribution in [3.8, 4) is 0 Å². The predicted octanol–water partition coefficient (Wildman–Crippen LogP) is 2.46. The van der Waals surface area contributed by atoms with E-state index in [1.165, 1.54) is 6.20 Å². The van der Waals surface area contributed by atoms with Gasteiger partial charge in [-0.2, -0.15) is 0 Å². The highest BCUT2D eigenvalue weighted by Gasteiger charge is 2.28. The minimum Gasteiger partial charge on any atom is -0.379 e. The summed E-state index contributed by atoms with van der Waals surface area (Å²) in [6, 6.07) is 19.0. The molecule has 8 heteroatoms. The van der Waals surface area contributed by atoms with Gasteiger partial charge < -0.3 is 15.4 Å². The smallest absolute Gasteiger partial charge is 0.269 e. The second-order valence-electron chi connectivity index (χ2n) is 8.18. The summed E-state index contributed by atoms with van der Waals surface area (Å²) >= 11 is 0. The number of morpholine rings is 1. The molecule has 2 aliphatic heterocycles. The third-order valence-corrected chi connectivity index (χ3v) is 5.92. The van der Waals surface area contributed by atoms with E-state index in [1.54, 1.807) is 6.20 Å². The van der Waals surface area contributed by atoms with Gasteiger partial charge in [-0.3, -0.25) is 19.5 Å². The van der Waals surface area contributed by atoms with Crippen LogP contribution in [0.1, 0.15) is 27.0 Å². The maximum Gasteiger partial charge on any atom is 0.269 e. The van der Waals surface area contributed by atoms with Gasteiger partial charge in [0.15, 0.2) is 0 Å². The van der Waals surface area contributed by atoms with Gasteiger partial charge in [0, 0.05) is 43.2 Å². The summed E-state index contributed by atoms with van der Waals surface area (Å²) in [5.74, 6) is -0.788. The Morgan fingerprint density at radius 3 is 2.65 bits per heavy atom. The molecule has 2 aromatic carbocycles. The summed E-state index contributed by atoms with van der Waals surface area (Å²) in [4.78, 5) is 37.4. The highest BCUT2D eigenvalue weighted by Crippen LogP contribution is 2.24. The van der Waals surface area contributed by atoms with E-state index in [0.29, 0.717) is 36.7 Å². The third-order valence-electron chi connectivity index (χ3n) is 5.92. The van der Waals surface area contributed by atoms with Crippen molar-refractivity contribution in [1.82, 2.24) is 15.2 Å². The maximum absolute atomic E-state index is 13.3. The number of carbonyl (C=O) groups excluding carboxylic acids is 2. The zero-order chi connectivity index (χ0) is 23.3. The van der Waals surface area contributed by atoms with Crippen LogP contribution in [-0.4, -0.2) is 59.9 Å². The number of para-hydroxylation sites is 1. The summed E-state index contributed by atoms with van der Waals surface area (Å²) in [5.41, 5.74) is 4.23. The van der Waals surface area contributed by atoms with Gasteiger partial charge in [0.25, 0.3) is 11.8 Å². The van der Waals surface area contributed by atoms with Crippen molar-refractivity contribution in [2.24, 2.45) is 4.99 Å². The number of ether oxygens (including phenoxy) is 1. The lowest BCUT2D eigenvalue weighted by atomic mass is 10.0. The van der Waals surface area contributed by atoms with Crippen LogP contribution in [0.2, 0.25) is 0 Å². The van der Waals surface area contributed by atoms with Crippen molar-refractivity contribution in [1.29, 1.82) is 0 Å². The second kappa shape index (κ2) is 9.94. The zero-order valence-corrected chi connectivity index (χ0v) is 18.6. The number of aliphatic imine (C=N–C) groups is 1. The number of carbonyl (C=O) groups is 2. The van der Waals surface area contributed by atoms with Gasteiger partial charge in [0.1, 0.15) is 0 Å². The summed E-state index contributed by atoms with van der Waals surface area (Å²) in [7, 11) is 0. The number of benzene rings is 2. The summed E-state index contributed by atoms with van der Waals surface area (Å²) < 4.78 is 5.42. The maximum atomic E-state index is 13.3. The van der Waals surface area contributed by atoms with E-state index in [4.69, 9.17) is 9.73 Å². The summed E-state index contributed by atoms with van der Waals surface area (Å²) in [5, 5.41) is 5.72. The molecule has 0 bridgehead atoms. The normalized spacial score (nSPS) is 18.3. The number of rotatable bonds is 5. The average Bonchev–Trinajstić information content (AvgIpc) is 3.01. The molecule has 0 saturated carbocycles. The van der Waals surface area contributed by atoms with Gasteiger partial charge in [0.2, 0.25) is 6.17 Å². The molecule has 0 spiro atoms. The number of nitrogens with one attached hydrogen (secondary N) is 2. The molecule has 172 valence electrons. The summed E-state index contributed by atoms with van der Waals surface area (Å²) in [6.45, 7) is 3.56. The van der Waals surface area contributed by atoms with Crippen LogP contribution < -0.4 is 10.6 Å². The largest absolute Gasteiger partial charge is 0.379 e. The van der Waals surface area contributed by atoms with E-state index in [9.17, 15) is 9.59 Å². The topological polar surface area (TPSA) is 95.9 Å². The Hall–Kier alpha value is -3.88. The molecular formula is C26H25N5O3. The van der Waals surface area contributed by atoms with E-state index in [-0.39, 0.29) is 0 Å². The molecule has 2 aliphatic rings. The SMILES string of the molecule is O=C(NC1N=C(c2ccccc2)c2ccccc2NC1=O)c1cnccc1CN1CCOCC1. The van der Waals surface area contributed by atoms with Gasteiger partial charge in [-0.15, -0.1) is 0 Å². The van der Waals surface area contributed by atoms with Crippen LogP contribution in [0.15, 0.2) is 78.0 Å². The minimum absolute atomic E-state index is 0.390. The number of amides is 2. The van der Waals surface area contributed by atoms with Crippen LogP contribution >= 0.6 is 0 Å². The number of hydrogen-bond acceptors (Lipinski definition) is 6. The summed E-state index contributed by atoms with van der Waals surface area (Å²) in [6.07, 6.45) is 2.12. The van der Waals surface area contributed by atoms with E-state index in [2.05, 4.69) is 20.5 Å². The molecule has 1 aromatic heterocycles. The molecule has 1 atom stereocenters. The monoisotopic (exact) mass is 455 g/mol. The van der Waals surface area contributed by atoms with Crippen molar-refractivity contribution < 1.29 is 14.3 Å². The Morgan fingerprint density at radius 1 is 1.06 bits per heavy atom. The number of hydrogen-bond donors (Lipinski definition) is 2. The molecule has 8 nitrogen and oxygen atoms in total. The molecular weight excluding hydrogens is 430 g/mol. The predicted molar refractivity (Wildman–Crippen MR) is 129 cm³/mol. The molecule has 34 heavy (non-hydrogen) atoms. The standard InChI is InChI=1S/C26H25N5O3/c32-25(21-16-27-11-10-19(21)17-31-12-14-34-15-13-31)30-24-26(33)28-22-9-5-4-8-20(22)23(29-24)18-6-2-1-3-7-18/h1-11,16,24H,12-15,17H2,(H,28,33)(H,30,32). The zero-order valence-electron chi connectivity index (χ0n) is 18.6. The van der Waals surface area contributed by atoms with E-state index in [1.807, 2.05) is 60.7 Å². The Labute approximate surface area is 197 Å². The van der Waals surface area contributed by atoms with E-state index < -0.39 is 18.0 Å². The van der Waals surface area contributed by atoms with Crippen LogP contribution in [0.4, 0.5) is 5.69 Å². The van der Waals surface area contributed by atoms with Gasteiger partial charge in [-0.05, 0) is 17.7 Å². The van der Waals surface area contributed by atoms with Gasteiger partial charge >= 0.3 is 0 Å². The Morgan fingerprint density at radius 2 is 1.82 bits per heavy atom. The second-order valence-corrected chi connectivity index (χ2v) is 8.18. The van der Waals surface area contributed by atoms with Crippen molar-refractivity contribution in [2.75, 3.05) is 31.6 Å². The number of aromatic nitrogens is 1. The lowest BCUT2D eigenvalue weighted by molar-refractivity contribution is -0.117. The van der Waals surface area contributed by atoms with E-state index in [0.717, 1.165) is 29.8 Å². The first-order chi connectivity index (χ1) is 16.7. The van der Waals surface area contributed by atoms with Crippen molar-refractivity contribution in [3.05, 3.63) is 95.3 Å². The quantitative estimate of drug-likeness (QED) is 0.616. The van der Waals surface area contributed by atoms with Gasteiger partial charge in [-0.25, -0.2) is 4.99 Å².